The highest BCUT2D eigenvalue weighted by atomic mass is 15.3. The smallest absolute Gasteiger partial charge is 0.0640 e. The summed E-state index contributed by atoms with van der Waals surface area (Å²) in [6.07, 6.45) is 12.8. The van der Waals surface area contributed by atoms with E-state index in [0.29, 0.717) is 12.1 Å². The molecule has 1 fully saturated rings. The molecule has 3 nitrogen and oxygen atoms in total. The van der Waals surface area contributed by atoms with Crippen LogP contribution in [0.5, 0.6) is 0 Å². The number of hydrogen-bond acceptors (Lipinski definition) is 2. The van der Waals surface area contributed by atoms with Gasteiger partial charge in [-0.25, -0.2) is 0 Å². The van der Waals surface area contributed by atoms with E-state index >= 15 is 0 Å². The molecule has 0 spiro atoms. The Morgan fingerprint density at radius 3 is 2.80 bits per heavy atom. The predicted molar refractivity (Wildman–Crippen MR) is 85.0 cm³/mol. The normalized spacial score (nSPS) is 19.4. The van der Waals surface area contributed by atoms with Gasteiger partial charge < -0.3 is 5.32 Å². The van der Waals surface area contributed by atoms with Crippen molar-refractivity contribution in [1.29, 1.82) is 0 Å². The van der Waals surface area contributed by atoms with Crippen LogP contribution in [0.15, 0.2) is 12.3 Å². The molecule has 1 saturated carbocycles. The van der Waals surface area contributed by atoms with Crippen LogP contribution in [0.1, 0.15) is 70.5 Å². The minimum Gasteiger partial charge on any atom is -0.317 e. The van der Waals surface area contributed by atoms with Crippen LogP contribution in [0.4, 0.5) is 0 Å². The van der Waals surface area contributed by atoms with Gasteiger partial charge in [0.05, 0.1) is 5.69 Å². The summed E-state index contributed by atoms with van der Waals surface area (Å²) in [5.74, 6) is 0.989. The van der Waals surface area contributed by atoms with Gasteiger partial charge in [0.15, 0.2) is 0 Å². The van der Waals surface area contributed by atoms with Crippen LogP contribution in [0.3, 0.4) is 0 Å². The number of nitrogens with one attached hydrogen (secondary N) is 1. The van der Waals surface area contributed by atoms with Crippen LogP contribution in [0.25, 0.3) is 0 Å². The molecule has 0 aliphatic heterocycles. The molecule has 1 heterocycles. The third-order valence-electron chi connectivity index (χ3n) is 4.97. The van der Waals surface area contributed by atoms with Gasteiger partial charge in [-0.2, -0.15) is 5.10 Å². The SMILES string of the molecule is CCC(C)n1ccc(CC(CCC2CCCC2)NC)n1. The average Bonchev–Trinajstić information content (AvgIpc) is 3.13. The van der Waals surface area contributed by atoms with Crippen molar-refractivity contribution in [2.45, 2.75) is 77.3 Å². The summed E-state index contributed by atoms with van der Waals surface area (Å²) in [6, 6.07) is 3.28. The van der Waals surface area contributed by atoms with E-state index in [1.54, 1.807) is 0 Å². The van der Waals surface area contributed by atoms with Crippen LogP contribution in [0.2, 0.25) is 0 Å². The Morgan fingerprint density at radius 2 is 2.15 bits per heavy atom. The maximum atomic E-state index is 4.73. The molecule has 0 aromatic carbocycles. The topological polar surface area (TPSA) is 29.9 Å². The van der Waals surface area contributed by atoms with E-state index in [1.165, 1.54) is 44.2 Å². The molecule has 1 aromatic rings. The summed E-state index contributed by atoms with van der Waals surface area (Å²) >= 11 is 0. The van der Waals surface area contributed by atoms with Crippen molar-refractivity contribution in [2.75, 3.05) is 7.05 Å². The highest BCUT2D eigenvalue weighted by Gasteiger charge is 2.17. The Labute approximate surface area is 124 Å². The lowest BCUT2D eigenvalue weighted by atomic mass is 9.96. The molecule has 3 heteroatoms. The first-order chi connectivity index (χ1) is 9.72. The first-order valence-electron chi connectivity index (χ1n) is 8.44. The molecule has 1 N–H and O–H groups in total. The van der Waals surface area contributed by atoms with E-state index in [9.17, 15) is 0 Å². The fourth-order valence-electron chi connectivity index (χ4n) is 3.26. The van der Waals surface area contributed by atoms with Crippen molar-refractivity contribution in [3.05, 3.63) is 18.0 Å². The highest BCUT2D eigenvalue weighted by molar-refractivity contribution is 5.02. The molecule has 2 rings (SSSR count). The first-order valence-corrected chi connectivity index (χ1v) is 8.44. The van der Waals surface area contributed by atoms with Crippen molar-refractivity contribution < 1.29 is 0 Å². The van der Waals surface area contributed by atoms with Crippen molar-refractivity contribution in [2.24, 2.45) is 5.92 Å². The van der Waals surface area contributed by atoms with Crippen LogP contribution < -0.4 is 5.32 Å². The Morgan fingerprint density at radius 1 is 1.40 bits per heavy atom. The maximum absolute atomic E-state index is 4.73. The van der Waals surface area contributed by atoms with Crippen molar-refractivity contribution in [3.8, 4) is 0 Å². The number of hydrogen-bond donors (Lipinski definition) is 1. The lowest BCUT2D eigenvalue weighted by molar-refractivity contribution is 0.413. The molecule has 0 radical (unpaired) electrons. The molecule has 20 heavy (non-hydrogen) atoms. The van der Waals surface area contributed by atoms with Gasteiger partial charge in [-0.15, -0.1) is 0 Å². The van der Waals surface area contributed by atoms with Crippen molar-refractivity contribution >= 4 is 0 Å². The van der Waals surface area contributed by atoms with Gasteiger partial charge in [0.1, 0.15) is 0 Å². The summed E-state index contributed by atoms with van der Waals surface area (Å²) in [4.78, 5) is 0. The predicted octanol–water partition coefficient (Wildman–Crippen LogP) is 3.96. The summed E-state index contributed by atoms with van der Waals surface area (Å²) < 4.78 is 2.11. The van der Waals surface area contributed by atoms with Gasteiger partial charge in [0, 0.05) is 24.7 Å². The number of rotatable bonds is 8. The molecule has 0 amide bonds. The fourth-order valence-corrected chi connectivity index (χ4v) is 3.26. The molecule has 2 unspecified atom stereocenters. The molecule has 1 aliphatic rings. The molecule has 114 valence electrons. The van der Waals surface area contributed by atoms with E-state index in [0.717, 1.165) is 18.8 Å². The van der Waals surface area contributed by atoms with Crippen LogP contribution >= 0.6 is 0 Å². The van der Waals surface area contributed by atoms with Gasteiger partial charge in [-0.05, 0) is 45.2 Å². The lowest BCUT2D eigenvalue weighted by Gasteiger charge is -2.17. The van der Waals surface area contributed by atoms with E-state index in [4.69, 9.17) is 5.10 Å². The Hall–Kier alpha value is -0.830. The molecular weight excluding hydrogens is 246 g/mol. The minimum atomic E-state index is 0.510. The van der Waals surface area contributed by atoms with Gasteiger partial charge in [0.25, 0.3) is 0 Å². The van der Waals surface area contributed by atoms with Crippen LogP contribution in [0, 0.1) is 5.92 Å². The Balaban J connectivity index is 1.80. The zero-order valence-electron chi connectivity index (χ0n) is 13.4. The first kappa shape index (κ1) is 15.6. The van der Waals surface area contributed by atoms with Gasteiger partial charge >= 0.3 is 0 Å². The molecular formula is C17H31N3. The van der Waals surface area contributed by atoms with Gasteiger partial charge in [-0.1, -0.05) is 32.6 Å². The largest absolute Gasteiger partial charge is 0.317 e. The number of likely N-dealkylation sites (N-methyl/N-ethyl adjacent to an activating group) is 1. The third kappa shape index (κ3) is 4.34. The second-order valence-electron chi connectivity index (χ2n) is 6.46. The summed E-state index contributed by atoms with van der Waals surface area (Å²) in [5, 5.41) is 8.20. The molecule has 1 aliphatic carbocycles. The van der Waals surface area contributed by atoms with Gasteiger partial charge in [0.2, 0.25) is 0 Å². The third-order valence-corrected chi connectivity index (χ3v) is 4.97. The standard InChI is InChI=1S/C17H31N3/c1-4-14(2)20-12-11-17(19-20)13-16(18-3)10-9-15-7-5-6-8-15/h11-12,14-16,18H,4-10,13H2,1-3H3. The van der Waals surface area contributed by atoms with E-state index in [-0.39, 0.29) is 0 Å². The maximum Gasteiger partial charge on any atom is 0.0640 e. The molecule has 1 aromatic heterocycles. The Kier molecular flexibility index (Phi) is 6.08. The minimum absolute atomic E-state index is 0.510. The van der Waals surface area contributed by atoms with E-state index < -0.39 is 0 Å². The number of nitrogens with zero attached hydrogens (tertiary/aromatic N) is 2. The summed E-state index contributed by atoms with van der Waals surface area (Å²) in [6.45, 7) is 4.44. The fraction of sp³-hybridized carbons (Fsp3) is 0.824. The zero-order chi connectivity index (χ0) is 14.4. The molecule has 0 saturated heterocycles. The zero-order valence-corrected chi connectivity index (χ0v) is 13.4. The quantitative estimate of drug-likeness (QED) is 0.779. The number of aromatic nitrogens is 2. The highest BCUT2D eigenvalue weighted by Crippen LogP contribution is 2.29. The summed E-state index contributed by atoms with van der Waals surface area (Å²) in [7, 11) is 2.09. The lowest BCUT2D eigenvalue weighted by Crippen LogP contribution is -2.28. The summed E-state index contributed by atoms with van der Waals surface area (Å²) in [5.41, 5.74) is 1.23. The van der Waals surface area contributed by atoms with Crippen molar-refractivity contribution in [1.82, 2.24) is 15.1 Å². The van der Waals surface area contributed by atoms with Crippen LogP contribution in [-0.2, 0) is 6.42 Å². The second kappa shape index (κ2) is 7.82. The molecule has 2 atom stereocenters. The molecule has 0 bridgehead atoms. The van der Waals surface area contributed by atoms with Crippen molar-refractivity contribution in [3.63, 3.8) is 0 Å². The van der Waals surface area contributed by atoms with Crippen LogP contribution in [-0.4, -0.2) is 22.9 Å². The Bertz CT molecular complexity index is 379. The second-order valence-corrected chi connectivity index (χ2v) is 6.46. The average molecular weight is 277 g/mol. The monoisotopic (exact) mass is 277 g/mol. The van der Waals surface area contributed by atoms with E-state index in [2.05, 4.69) is 43.2 Å². The van der Waals surface area contributed by atoms with Gasteiger partial charge in [-0.3, -0.25) is 4.68 Å². The van der Waals surface area contributed by atoms with E-state index in [1.807, 2.05) is 0 Å².